The molecule has 0 unspecified atom stereocenters. The van der Waals surface area contributed by atoms with Crippen LogP contribution in [0.25, 0.3) is 0 Å². The first kappa shape index (κ1) is 20.6. The summed E-state index contributed by atoms with van der Waals surface area (Å²) in [6.07, 6.45) is 1.79. The molecule has 0 saturated heterocycles. The Hall–Kier alpha value is -3.10. The lowest BCUT2D eigenvalue weighted by Crippen LogP contribution is -2.24. The van der Waals surface area contributed by atoms with Gasteiger partial charge in [0.15, 0.2) is 0 Å². The molecule has 0 aliphatic carbocycles. The molecule has 0 fully saturated rings. The van der Waals surface area contributed by atoms with E-state index >= 15 is 0 Å². The van der Waals surface area contributed by atoms with Gasteiger partial charge in [0.05, 0.1) is 6.61 Å². The highest BCUT2D eigenvalue weighted by Gasteiger charge is 2.13. The van der Waals surface area contributed by atoms with E-state index in [-0.39, 0.29) is 16.8 Å². The second-order valence-electron chi connectivity index (χ2n) is 6.31. The largest absolute Gasteiger partial charge is 0.377 e. The van der Waals surface area contributed by atoms with Gasteiger partial charge in [-0.1, -0.05) is 41.7 Å². The molecule has 2 amide bonds. The molecule has 1 heterocycles. The summed E-state index contributed by atoms with van der Waals surface area (Å²) in [5, 5.41) is 14.3. The Kier molecular flexibility index (Phi) is 7.43. The van der Waals surface area contributed by atoms with Crippen molar-refractivity contribution in [1.82, 2.24) is 15.5 Å². The Morgan fingerprint density at radius 2 is 1.76 bits per heavy atom. The van der Waals surface area contributed by atoms with Crippen LogP contribution in [0.4, 0.5) is 5.69 Å². The van der Waals surface area contributed by atoms with Crippen LogP contribution in [0.5, 0.6) is 0 Å². The SMILES string of the molecule is COCc1nnc(C(=O)Nc2ccc(C(=O)NCCCc3ccccc3)cc2)s1. The molecule has 2 aromatic carbocycles. The summed E-state index contributed by atoms with van der Waals surface area (Å²) >= 11 is 1.18. The second kappa shape index (κ2) is 10.4. The number of ether oxygens (including phenoxy) is 1. The van der Waals surface area contributed by atoms with E-state index in [4.69, 9.17) is 4.74 Å². The van der Waals surface area contributed by atoms with Gasteiger partial charge in [0.1, 0.15) is 5.01 Å². The first-order valence-electron chi connectivity index (χ1n) is 9.20. The normalized spacial score (nSPS) is 10.5. The number of benzene rings is 2. The molecule has 3 aromatic rings. The van der Waals surface area contributed by atoms with Crippen LogP contribution in [0.15, 0.2) is 54.6 Å². The predicted octanol–water partition coefficient (Wildman–Crippen LogP) is 3.30. The quantitative estimate of drug-likeness (QED) is 0.528. The van der Waals surface area contributed by atoms with E-state index in [2.05, 4.69) is 33.0 Å². The summed E-state index contributed by atoms with van der Waals surface area (Å²) in [7, 11) is 1.56. The van der Waals surface area contributed by atoms with Crippen molar-refractivity contribution in [2.45, 2.75) is 19.4 Å². The van der Waals surface area contributed by atoms with Crippen molar-refractivity contribution in [3.8, 4) is 0 Å². The summed E-state index contributed by atoms with van der Waals surface area (Å²) in [6, 6.07) is 16.9. The lowest BCUT2D eigenvalue weighted by molar-refractivity contribution is 0.0952. The van der Waals surface area contributed by atoms with E-state index in [1.165, 1.54) is 16.9 Å². The predicted molar refractivity (Wildman–Crippen MR) is 112 cm³/mol. The van der Waals surface area contributed by atoms with Crippen LogP contribution in [0, 0.1) is 0 Å². The van der Waals surface area contributed by atoms with E-state index in [0.29, 0.717) is 29.4 Å². The number of hydrogen-bond donors (Lipinski definition) is 2. The third-order valence-electron chi connectivity index (χ3n) is 4.10. The standard InChI is InChI=1S/C21H22N4O3S/c1-28-14-18-24-25-21(29-18)20(27)23-17-11-9-16(10-12-17)19(26)22-13-5-8-15-6-3-2-4-7-15/h2-4,6-7,9-12H,5,8,13-14H2,1H3,(H,22,26)(H,23,27). The Balaban J connectivity index is 1.46. The molecule has 2 N–H and O–H groups in total. The Bertz CT molecular complexity index is 942. The molecule has 0 saturated carbocycles. The average molecular weight is 410 g/mol. The zero-order chi connectivity index (χ0) is 20.5. The van der Waals surface area contributed by atoms with Crippen molar-refractivity contribution >= 4 is 28.8 Å². The number of nitrogens with one attached hydrogen (secondary N) is 2. The van der Waals surface area contributed by atoms with Gasteiger partial charge in [-0.25, -0.2) is 0 Å². The molecule has 29 heavy (non-hydrogen) atoms. The molecule has 0 aliphatic rings. The third kappa shape index (κ3) is 6.20. The molecule has 7 nitrogen and oxygen atoms in total. The summed E-state index contributed by atoms with van der Waals surface area (Å²) in [6.45, 7) is 0.924. The minimum atomic E-state index is -0.344. The minimum absolute atomic E-state index is 0.135. The van der Waals surface area contributed by atoms with Crippen molar-refractivity contribution in [3.05, 3.63) is 75.7 Å². The first-order chi connectivity index (χ1) is 14.2. The van der Waals surface area contributed by atoms with Crippen LogP contribution in [0.2, 0.25) is 0 Å². The number of nitrogens with zero attached hydrogens (tertiary/aromatic N) is 2. The maximum atomic E-state index is 12.2. The number of carbonyl (C=O) groups is 2. The van der Waals surface area contributed by atoms with Crippen LogP contribution in [-0.2, 0) is 17.8 Å². The van der Waals surface area contributed by atoms with Gasteiger partial charge in [-0.15, -0.1) is 10.2 Å². The van der Waals surface area contributed by atoms with Gasteiger partial charge >= 0.3 is 0 Å². The van der Waals surface area contributed by atoms with Crippen molar-refractivity contribution < 1.29 is 14.3 Å². The first-order valence-corrected chi connectivity index (χ1v) is 10.0. The van der Waals surface area contributed by atoms with Gasteiger partial charge in [0.2, 0.25) is 5.01 Å². The molecule has 8 heteroatoms. The van der Waals surface area contributed by atoms with Crippen molar-refractivity contribution in [2.75, 3.05) is 19.0 Å². The van der Waals surface area contributed by atoms with Gasteiger partial charge in [0.25, 0.3) is 11.8 Å². The summed E-state index contributed by atoms with van der Waals surface area (Å²) in [5.41, 5.74) is 2.38. The Morgan fingerprint density at radius 1 is 1.00 bits per heavy atom. The maximum Gasteiger partial charge on any atom is 0.286 e. The average Bonchev–Trinajstić information content (AvgIpc) is 3.21. The zero-order valence-electron chi connectivity index (χ0n) is 16.1. The highest BCUT2D eigenvalue weighted by molar-refractivity contribution is 7.13. The maximum absolute atomic E-state index is 12.2. The van der Waals surface area contributed by atoms with E-state index in [9.17, 15) is 9.59 Å². The monoisotopic (exact) mass is 410 g/mol. The number of rotatable bonds is 9. The van der Waals surface area contributed by atoms with Crippen molar-refractivity contribution in [3.63, 3.8) is 0 Å². The molecule has 0 radical (unpaired) electrons. The van der Waals surface area contributed by atoms with Gasteiger partial charge in [-0.05, 0) is 42.7 Å². The van der Waals surface area contributed by atoms with E-state index in [1.54, 1.807) is 31.4 Å². The van der Waals surface area contributed by atoms with Crippen LogP contribution < -0.4 is 10.6 Å². The topological polar surface area (TPSA) is 93.2 Å². The number of aryl methyl sites for hydroxylation is 1. The lowest BCUT2D eigenvalue weighted by atomic mass is 10.1. The van der Waals surface area contributed by atoms with Gasteiger partial charge in [-0.3, -0.25) is 9.59 Å². The van der Waals surface area contributed by atoms with Gasteiger partial charge < -0.3 is 15.4 Å². The number of methoxy groups -OCH3 is 1. The number of carbonyl (C=O) groups excluding carboxylic acids is 2. The minimum Gasteiger partial charge on any atom is -0.377 e. The van der Waals surface area contributed by atoms with E-state index in [1.807, 2.05) is 18.2 Å². The number of amides is 2. The molecule has 0 bridgehead atoms. The van der Waals surface area contributed by atoms with Crippen molar-refractivity contribution in [2.24, 2.45) is 0 Å². The van der Waals surface area contributed by atoms with Crippen LogP contribution in [0.3, 0.4) is 0 Å². The molecule has 3 rings (SSSR count). The molecule has 150 valence electrons. The molecule has 0 aliphatic heterocycles. The summed E-state index contributed by atoms with van der Waals surface area (Å²) < 4.78 is 4.97. The molecule has 0 atom stereocenters. The van der Waals surface area contributed by atoms with E-state index in [0.717, 1.165) is 12.8 Å². The van der Waals surface area contributed by atoms with Crippen LogP contribution >= 0.6 is 11.3 Å². The highest BCUT2D eigenvalue weighted by atomic mass is 32.1. The summed E-state index contributed by atoms with van der Waals surface area (Å²) in [4.78, 5) is 24.5. The third-order valence-corrected chi connectivity index (χ3v) is 5.00. The molecule has 0 spiro atoms. The smallest absolute Gasteiger partial charge is 0.286 e. The van der Waals surface area contributed by atoms with Crippen LogP contribution in [-0.4, -0.2) is 35.7 Å². The fraction of sp³-hybridized carbons (Fsp3) is 0.238. The van der Waals surface area contributed by atoms with E-state index < -0.39 is 0 Å². The molecule has 1 aromatic heterocycles. The summed E-state index contributed by atoms with van der Waals surface area (Å²) in [5.74, 6) is -0.479. The molecular weight excluding hydrogens is 388 g/mol. The zero-order valence-corrected chi connectivity index (χ0v) is 16.9. The lowest BCUT2D eigenvalue weighted by Gasteiger charge is -2.07. The highest BCUT2D eigenvalue weighted by Crippen LogP contribution is 2.15. The molecular formula is C21H22N4O3S. The van der Waals surface area contributed by atoms with Gasteiger partial charge in [-0.2, -0.15) is 0 Å². The second-order valence-corrected chi connectivity index (χ2v) is 7.37. The Morgan fingerprint density at radius 3 is 2.48 bits per heavy atom. The number of anilines is 1. The number of hydrogen-bond acceptors (Lipinski definition) is 6. The van der Waals surface area contributed by atoms with Crippen LogP contribution in [0.1, 0.15) is 37.2 Å². The van der Waals surface area contributed by atoms with Crippen molar-refractivity contribution in [1.29, 1.82) is 0 Å². The van der Waals surface area contributed by atoms with Gasteiger partial charge in [0, 0.05) is 24.9 Å². The fourth-order valence-electron chi connectivity index (χ4n) is 2.66. The fourth-order valence-corrected chi connectivity index (χ4v) is 3.36. The Labute approximate surface area is 173 Å². The number of aromatic nitrogens is 2.